The first kappa shape index (κ1) is 14.5. The maximum atomic E-state index is 12.2. The Hall–Kier alpha value is -1.53. The first-order chi connectivity index (χ1) is 8.48. The minimum atomic E-state index is -4.26. The van der Waals surface area contributed by atoms with E-state index in [1.54, 1.807) is 0 Å². The molecule has 0 radical (unpaired) electrons. The van der Waals surface area contributed by atoms with Crippen molar-refractivity contribution in [3.63, 3.8) is 0 Å². The fourth-order valence-electron chi connectivity index (χ4n) is 1.48. The minimum Gasteiger partial charge on any atom is -0.370 e. The summed E-state index contributed by atoms with van der Waals surface area (Å²) in [6.07, 6.45) is -1.52. The highest BCUT2D eigenvalue weighted by Crippen LogP contribution is 2.22. The zero-order valence-electron chi connectivity index (χ0n) is 10.4. The third-order valence-electron chi connectivity index (χ3n) is 2.30. The van der Waals surface area contributed by atoms with E-state index < -0.39 is 12.7 Å². The number of nitrogens with zero attached hydrogens (tertiary/aromatic N) is 2. The monoisotopic (exact) mass is 262 g/mol. The summed E-state index contributed by atoms with van der Waals surface area (Å²) >= 11 is 0. The van der Waals surface area contributed by atoms with E-state index in [1.807, 2.05) is 13.8 Å². The second-order valence-electron chi connectivity index (χ2n) is 3.80. The van der Waals surface area contributed by atoms with Gasteiger partial charge in [-0.25, -0.2) is 9.97 Å². The molecule has 0 fully saturated rings. The number of hydrogen-bond acceptors (Lipinski definition) is 4. The highest BCUT2D eigenvalue weighted by Gasteiger charge is 2.27. The van der Waals surface area contributed by atoms with Crippen molar-refractivity contribution in [3.05, 3.63) is 11.9 Å². The average molecular weight is 262 g/mol. The molecule has 1 rings (SSSR count). The molecule has 0 amide bonds. The lowest BCUT2D eigenvalue weighted by molar-refractivity contribution is -0.115. The van der Waals surface area contributed by atoms with Crippen LogP contribution < -0.4 is 10.6 Å². The zero-order valence-corrected chi connectivity index (χ0v) is 10.4. The average Bonchev–Trinajstić information content (AvgIpc) is 2.32. The van der Waals surface area contributed by atoms with Gasteiger partial charge < -0.3 is 10.6 Å². The van der Waals surface area contributed by atoms with Crippen molar-refractivity contribution in [2.75, 3.05) is 23.7 Å². The molecule has 0 aliphatic rings. The summed E-state index contributed by atoms with van der Waals surface area (Å²) in [6, 6.07) is 0. The Morgan fingerprint density at radius 1 is 1.11 bits per heavy atom. The molecule has 0 bridgehead atoms. The molecule has 0 saturated heterocycles. The van der Waals surface area contributed by atoms with E-state index >= 15 is 0 Å². The summed E-state index contributed by atoms with van der Waals surface area (Å²) in [4.78, 5) is 7.91. The van der Waals surface area contributed by atoms with Crippen molar-refractivity contribution in [2.45, 2.75) is 32.9 Å². The van der Waals surface area contributed by atoms with Crippen LogP contribution in [0.15, 0.2) is 6.33 Å². The van der Waals surface area contributed by atoms with Gasteiger partial charge in [-0.3, -0.25) is 0 Å². The Morgan fingerprint density at radius 3 is 2.22 bits per heavy atom. The molecule has 1 aromatic rings. The van der Waals surface area contributed by atoms with Crippen LogP contribution in [0.25, 0.3) is 0 Å². The molecular formula is C11H17F3N4. The summed E-state index contributed by atoms with van der Waals surface area (Å²) in [5.41, 5.74) is 0.676. The van der Waals surface area contributed by atoms with Crippen molar-refractivity contribution in [2.24, 2.45) is 0 Å². The van der Waals surface area contributed by atoms with Crippen LogP contribution in [0.1, 0.15) is 25.8 Å². The summed E-state index contributed by atoms with van der Waals surface area (Å²) in [7, 11) is 0. The van der Waals surface area contributed by atoms with E-state index in [2.05, 4.69) is 20.6 Å². The molecule has 4 nitrogen and oxygen atoms in total. The predicted molar refractivity (Wildman–Crippen MR) is 64.7 cm³/mol. The van der Waals surface area contributed by atoms with Gasteiger partial charge in [-0.2, -0.15) is 13.2 Å². The first-order valence-electron chi connectivity index (χ1n) is 5.86. The van der Waals surface area contributed by atoms with Crippen LogP contribution in [-0.2, 0) is 6.42 Å². The second-order valence-corrected chi connectivity index (χ2v) is 3.80. The molecule has 0 spiro atoms. The number of rotatable bonds is 6. The third-order valence-corrected chi connectivity index (χ3v) is 2.30. The summed E-state index contributed by atoms with van der Waals surface area (Å²) < 4.78 is 36.5. The summed E-state index contributed by atoms with van der Waals surface area (Å²) in [6.45, 7) is 3.49. The number of alkyl halides is 3. The SMILES string of the molecule is CCCNc1ncnc(NCC(F)(F)F)c1CC. The van der Waals surface area contributed by atoms with E-state index in [0.717, 1.165) is 13.0 Å². The Labute approximate surface area is 104 Å². The number of anilines is 2. The van der Waals surface area contributed by atoms with Gasteiger partial charge in [-0.15, -0.1) is 0 Å². The van der Waals surface area contributed by atoms with Crippen LogP contribution in [-0.4, -0.2) is 29.2 Å². The molecule has 0 atom stereocenters. The fourth-order valence-corrected chi connectivity index (χ4v) is 1.48. The van der Waals surface area contributed by atoms with Crippen LogP contribution in [0.3, 0.4) is 0 Å². The van der Waals surface area contributed by atoms with Crippen molar-refractivity contribution < 1.29 is 13.2 Å². The lowest BCUT2D eigenvalue weighted by Crippen LogP contribution is -2.23. The molecule has 0 aliphatic heterocycles. The van der Waals surface area contributed by atoms with Crippen LogP contribution in [0.5, 0.6) is 0 Å². The van der Waals surface area contributed by atoms with Crippen molar-refractivity contribution >= 4 is 11.6 Å². The topological polar surface area (TPSA) is 49.8 Å². The Morgan fingerprint density at radius 2 is 1.72 bits per heavy atom. The highest BCUT2D eigenvalue weighted by molar-refractivity contribution is 5.57. The molecular weight excluding hydrogens is 245 g/mol. The van der Waals surface area contributed by atoms with Gasteiger partial charge in [0.15, 0.2) is 0 Å². The van der Waals surface area contributed by atoms with Crippen molar-refractivity contribution in [1.82, 2.24) is 9.97 Å². The molecule has 0 saturated carbocycles. The van der Waals surface area contributed by atoms with Gasteiger partial charge in [0, 0.05) is 12.1 Å². The van der Waals surface area contributed by atoms with Crippen LogP contribution in [0.2, 0.25) is 0 Å². The van der Waals surface area contributed by atoms with Crippen LogP contribution in [0, 0.1) is 0 Å². The second kappa shape index (κ2) is 6.42. The maximum Gasteiger partial charge on any atom is 0.405 e. The molecule has 1 aromatic heterocycles. The normalized spacial score (nSPS) is 11.4. The minimum absolute atomic E-state index is 0.239. The van der Waals surface area contributed by atoms with Gasteiger partial charge in [-0.1, -0.05) is 13.8 Å². The Kier molecular flexibility index (Phi) is 5.18. The molecule has 2 N–H and O–H groups in total. The molecule has 0 unspecified atom stereocenters. The lowest BCUT2D eigenvalue weighted by atomic mass is 10.2. The summed E-state index contributed by atoms with van der Waals surface area (Å²) in [5.74, 6) is 0.836. The fraction of sp³-hybridized carbons (Fsp3) is 0.636. The number of hydrogen-bond donors (Lipinski definition) is 2. The lowest BCUT2D eigenvalue weighted by Gasteiger charge is -2.15. The Bertz CT molecular complexity index is 379. The van der Waals surface area contributed by atoms with E-state index in [0.29, 0.717) is 17.8 Å². The van der Waals surface area contributed by atoms with E-state index in [-0.39, 0.29) is 5.82 Å². The zero-order chi connectivity index (χ0) is 13.6. The maximum absolute atomic E-state index is 12.2. The van der Waals surface area contributed by atoms with Gasteiger partial charge >= 0.3 is 6.18 Å². The smallest absolute Gasteiger partial charge is 0.370 e. The van der Waals surface area contributed by atoms with Crippen molar-refractivity contribution in [3.8, 4) is 0 Å². The predicted octanol–water partition coefficient (Wildman–Crippen LogP) is 2.84. The molecule has 1 heterocycles. The van der Waals surface area contributed by atoms with E-state index in [1.165, 1.54) is 6.33 Å². The molecule has 0 aliphatic carbocycles. The van der Waals surface area contributed by atoms with Crippen LogP contribution in [0.4, 0.5) is 24.8 Å². The van der Waals surface area contributed by atoms with Crippen molar-refractivity contribution in [1.29, 1.82) is 0 Å². The largest absolute Gasteiger partial charge is 0.405 e. The number of aromatic nitrogens is 2. The molecule has 102 valence electrons. The quantitative estimate of drug-likeness (QED) is 0.827. The molecule has 18 heavy (non-hydrogen) atoms. The number of nitrogens with one attached hydrogen (secondary N) is 2. The van der Waals surface area contributed by atoms with Gasteiger partial charge in [0.25, 0.3) is 0 Å². The van der Waals surface area contributed by atoms with Gasteiger partial charge in [0.2, 0.25) is 0 Å². The number of halogens is 3. The van der Waals surface area contributed by atoms with Gasteiger partial charge in [-0.05, 0) is 12.8 Å². The van der Waals surface area contributed by atoms with Gasteiger partial charge in [0.05, 0.1) is 0 Å². The first-order valence-corrected chi connectivity index (χ1v) is 5.86. The van der Waals surface area contributed by atoms with E-state index in [4.69, 9.17) is 0 Å². The van der Waals surface area contributed by atoms with E-state index in [9.17, 15) is 13.2 Å². The standard InChI is InChI=1S/C11H17F3N4/c1-3-5-15-9-8(4-2)10(18-7-17-9)16-6-11(12,13)14/h7H,3-6H2,1-2H3,(H2,15,16,17,18). The van der Waals surface area contributed by atoms with Crippen LogP contribution >= 0.6 is 0 Å². The molecule has 0 aromatic carbocycles. The highest BCUT2D eigenvalue weighted by atomic mass is 19.4. The molecule has 7 heteroatoms. The van der Waals surface area contributed by atoms with Gasteiger partial charge in [0.1, 0.15) is 24.5 Å². The Balaban J connectivity index is 2.83. The summed E-state index contributed by atoms with van der Waals surface area (Å²) in [5, 5.41) is 5.38. The third kappa shape index (κ3) is 4.38.